The van der Waals surface area contributed by atoms with Crippen LogP contribution in [0, 0.1) is 5.92 Å². The van der Waals surface area contributed by atoms with Crippen LogP contribution in [0.15, 0.2) is 4.47 Å². The Bertz CT molecular complexity index is 374. The molecule has 0 saturated heterocycles. The molecule has 0 aliphatic heterocycles. The largest absolute Gasteiger partial charge is 0.383 e. The molecule has 0 aliphatic rings. The van der Waals surface area contributed by atoms with Crippen molar-refractivity contribution in [3.8, 4) is 0 Å². The summed E-state index contributed by atoms with van der Waals surface area (Å²) in [6, 6.07) is 0. The van der Waals surface area contributed by atoms with E-state index in [1.54, 1.807) is 7.11 Å². The van der Waals surface area contributed by atoms with Crippen molar-refractivity contribution < 1.29 is 4.74 Å². The highest BCUT2D eigenvalue weighted by Crippen LogP contribution is 2.23. The molecular weight excluding hydrogens is 302 g/mol. The SMILES string of the molecule is COCc1nc(CSCC(C)C)nc(N)c1Br. The molecule has 96 valence electrons. The summed E-state index contributed by atoms with van der Waals surface area (Å²) >= 11 is 5.19. The highest BCUT2D eigenvalue weighted by atomic mass is 79.9. The summed E-state index contributed by atoms with van der Waals surface area (Å²) < 4.78 is 5.81. The van der Waals surface area contributed by atoms with Crippen molar-refractivity contribution in [2.45, 2.75) is 26.2 Å². The molecule has 0 aliphatic carbocycles. The van der Waals surface area contributed by atoms with Gasteiger partial charge in [-0.25, -0.2) is 9.97 Å². The first-order valence-electron chi connectivity index (χ1n) is 5.42. The summed E-state index contributed by atoms with van der Waals surface area (Å²) in [5.41, 5.74) is 6.63. The van der Waals surface area contributed by atoms with Crippen molar-refractivity contribution in [3.05, 3.63) is 16.0 Å². The quantitative estimate of drug-likeness (QED) is 0.873. The molecule has 0 aromatic carbocycles. The number of nitrogen functional groups attached to an aromatic ring is 1. The number of nitrogens with zero attached hydrogens (tertiary/aromatic N) is 2. The van der Waals surface area contributed by atoms with Gasteiger partial charge in [0.25, 0.3) is 0 Å². The van der Waals surface area contributed by atoms with Gasteiger partial charge in [0.2, 0.25) is 0 Å². The third kappa shape index (κ3) is 4.81. The molecule has 0 unspecified atom stereocenters. The Morgan fingerprint density at radius 1 is 1.41 bits per heavy atom. The second-order valence-electron chi connectivity index (χ2n) is 4.13. The molecule has 0 bridgehead atoms. The van der Waals surface area contributed by atoms with Crippen LogP contribution in [-0.4, -0.2) is 22.8 Å². The molecule has 1 heterocycles. The van der Waals surface area contributed by atoms with Crippen LogP contribution in [0.3, 0.4) is 0 Å². The Morgan fingerprint density at radius 3 is 2.71 bits per heavy atom. The fourth-order valence-corrected chi connectivity index (χ4v) is 2.44. The summed E-state index contributed by atoms with van der Waals surface area (Å²) in [6.07, 6.45) is 0. The number of nitrogens with two attached hydrogens (primary N) is 1. The lowest BCUT2D eigenvalue weighted by Crippen LogP contribution is -2.06. The smallest absolute Gasteiger partial charge is 0.141 e. The maximum absolute atomic E-state index is 5.82. The van der Waals surface area contributed by atoms with Crippen molar-refractivity contribution in [2.24, 2.45) is 5.92 Å². The summed E-state index contributed by atoms with van der Waals surface area (Å²) in [5.74, 6) is 3.80. The number of thioether (sulfide) groups is 1. The highest BCUT2D eigenvalue weighted by Gasteiger charge is 2.10. The van der Waals surface area contributed by atoms with E-state index in [0.717, 1.165) is 27.5 Å². The van der Waals surface area contributed by atoms with Gasteiger partial charge in [-0.1, -0.05) is 13.8 Å². The standard InChI is InChI=1S/C11H18BrN3OS/c1-7(2)5-17-6-9-14-8(4-16-3)10(12)11(13)15-9/h7H,4-6H2,1-3H3,(H2,13,14,15). The number of ether oxygens (including phenoxy) is 1. The van der Waals surface area contributed by atoms with Gasteiger partial charge in [-0.3, -0.25) is 0 Å². The van der Waals surface area contributed by atoms with Crippen LogP contribution in [0.25, 0.3) is 0 Å². The maximum Gasteiger partial charge on any atom is 0.141 e. The van der Waals surface area contributed by atoms with E-state index in [9.17, 15) is 0 Å². The molecule has 1 aromatic heterocycles. The zero-order valence-electron chi connectivity index (χ0n) is 10.4. The van der Waals surface area contributed by atoms with E-state index in [4.69, 9.17) is 10.5 Å². The van der Waals surface area contributed by atoms with Gasteiger partial charge in [-0.05, 0) is 27.6 Å². The van der Waals surface area contributed by atoms with E-state index in [2.05, 4.69) is 39.7 Å². The lowest BCUT2D eigenvalue weighted by atomic mass is 10.3. The molecule has 0 atom stereocenters. The van der Waals surface area contributed by atoms with Crippen LogP contribution in [0.2, 0.25) is 0 Å². The number of rotatable bonds is 6. The molecule has 0 radical (unpaired) electrons. The lowest BCUT2D eigenvalue weighted by molar-refractivity contribution is 0.180. The zero-order chi connectivity index (χ0) is 12.8. The van der Waals surface area contributed by atoms with E-state index in [-0.39, 0.29) is 0 Å². The molecule has 0 fully saturated rings. The minimum atomic E-state index is 0.440. The van der Waals surface area contributed by atoms with Crippen molar-refractivity contribution in [2.75, 3.05) is 18.6 Å². The molecule has 4 nitrogen and oxygen atoms in total. The Labute approximate surface area is 115 Å². The second-order valence-corrected chi connectivity index (χ2v) is 5.95. The maximum atomic E-state index is 5.82. The highest BCUT2D eigenvalue weighted by molar-refractivity contribution is 9.10. The van der Waals surface area contributed by atoms with Crippen LogP contribution in [0.1, 0.15) is 25.4 Å². The first-order chi connectivity index (χ1) is 8.04. The lowest BCUT2D eigenvalue weighted by Gasteiger charge is -2.09. The van der Waals surface area contributed by atoms with E-state index in [1.807, 2.05) is 11.8 Å². The third-order valence-electron chi connectivity index (χ3n) is 1.96. The molecule has 0 amide bonds. The van der Waals surface area contributed by atoms with Crippen LogP contribution in [0.5, 0.6) is 0 Å². The second kappa shape index (κ2) is 7.18. The Hall–Kier alpha value is -0.330. The molecule has 6 heteroatoms. The number of hydrogen-bond acceptors (Lipinski definition) is 5. The van der Waals surface area contributed by atoms with Crippen LogP contribution >= 0.6 is 27.7 Å². The van der Waals surface area contributed by atoms with Crippen molar-refractivity contribution >= 4 is 33.5 Å². The van der Waals surface area contributed by atoms with E-state index >= 15 is 0 Å². The molecule has 2 N–H and O–H groups in total. The average Bonchev–Trinajstić information content (AvgIpc) is 2.25. The number of methoxy groups -OCH3 is 1. The van der Waals surface area contributed by atoms with Gasteiger partial charge in [-0.2, -0.15) is 11.8 Å². The Balaban J connectivity index is 2.72. The molecule has 1 rings (SSSR count). The van der Waals surface area contributed by atoms with Gasteiger partial charge in [0, 0.05) is 7.11 Å². The van der Waals surface area contributed by atoms with Crippen molar-refractivity contribution in [3.63, 3.8) is 0 Å². The van der Waals surface area contributed by atoms with Crippen molar-refractivity contribution in [1.82, 2.24) is 9.97 Å². The average molecular weight is 320 g/mol. The predicted octanol–water partition coefficient (Wildman–Crippen LogP) is 2.86. The zero-order valence-corrected chi connectivity index (χ0v) is 12.8. The topological polar surface area (TPSA) is 61.0 Å². The molecular formula is C11H18BrN3OS. The van der Waals surface area contributed by atoms with Crippen LogP contribution in [-0.2, 0) is 17.1 Å². The first kappa shape index (κ1) is 14.7. The van der Waals surface area contributed by atoms with Gasteiger partial charge >= 0.3 is 0 Å². The summed E-state index contributed by atoms with van der Waals surface area (Å²) in [4.78, 5) is 8.69. The van der Waals surface area contributed by atoms with Gasteiger partial charge in [0.05, 0.1) is 22.5 Å². The van der Waals surface area contributed by atoms with Gasteiger partial charge in [0.15, 0.2) is 0 Å². The number of halogens is 1. The fourth-order valence-electron chi connectivity index (χ4n) is 1.25. The Morgan fingerprint density at radius 2 is 2.12 bits per heavy atom. The monoisotopic (exact) mass is 319 g/mol. The van der Waals surface area contributed by atoms with Crippen LogP contribution < -0.4 is 5.73 Å². The normalized spacial score (nSPS) is 11.1. The number of aromatic nitrogens is 2. The van der Waals surface area contributed by atoms with Crippen LogP contribution in [0.4, 0.5) is 5.82 Å². The summed E-state index contributed by atoms with van der Waals surface area (Å²) in [7, 11) is 1.64. The fraction of sp³-hybridized carbons (Fsp3) is 0.636. The van der Waals surface area contributed by atoms with Gasteiger partial charge in [0.1, 0.15) is 11.6 Å². The Kier molecular flexibility index (Phi) is 6.22. The van der Waals surface area contributed by atoms with Crippen molar-refractivity contribution in [1.29, 1.82) is 0 Å². The third-order valence-corrected chi connectivity index (χ3v) is 4.18. The summed E-state index contributed by atoms with van der Waals surface area (Å²) in [6.45, 7) is 4.83. The molecule has 0 saturated carbocycles. The van der Waals surface area contributed by atoms with E-state index < -0.39 is 0 Å². The molecule has 17 heavy (non-hydrogen) atoms. The first-order valence-corrected chi connectivity index (χ1v) is 7.36. The van der Waals surface area contributed by atoms with Gasteiger partial charge < -0.3 is 10.5 Å². The predicted molar refractivity (Wildman–Crippen MR) is 75.9 cm³/mol. The van der Waals surface area contributed by atoms with Gasteiger partial charge in [-0.15, -0.1) is 0 Å². The molecule has 0 spiro atoms. The minimum absolute atomic E-state index is 0.440. The number of anilines is 1. The number of hydrogen-bond donors (Lipinski definition) is 1. The van der Waals surface area contributed by atoms with E-state index in [0.29, 0.717) is 18.3 Å². The minimum Gasteiger partial charge on any atom is -0.383 e. The summed E-state index contributed by atoms with van der Waals surface area (Å²) in [5, 5.41) is 0. The van der Waals surface area contributed by atoms with E-state index in [1.165, 1.54) is 0 Å². The molecule has 1 aromatic rings.